The number of nitrogens with zero attached hydrogens (tertiary/aromatic N) is 3. The predicted molar refractivity (Wildman–Crippen MR) is 56.1 cm³/mol. The van der Waals surface area contributed by atoms with E-state index in [0.717, 1.165) is 0 Å². The Balaban J connectivity index is 2.61. The van der Waals surface area contributed by atoms with Crippen molar-refractivity contribution in [3.8, 4) is 0 Å². The average molecular weight is 215 g/mol. The van der Waals surface area contributed by atoms with Crippen molar-refractivity contribution in [2.75, 3.05) is 0 Å². The molecule has 0 radical (unpaired) electrons. The lowest BCUT2D eigenvalue weighted by Crippen LogP contribution is -2.23. The molecule has 0 saturated heterocycles. The van der Waals surface area contributed by atoms with Crippen molar-refractivity contribution in [1.82, 2.24) is 24.9 Å². The van der Waals surface area contributed by atoms with E-state index in [4.69, 9.17) is 0 Å². The minimum Gasteiger partial charge on any atom is -0.290 e. The number of hydrogen-bond donors (Lipinski definition) is 2. The fraction of sp³-hybridized carbons (Fsp3) is 0. The van der Waals surface area contributed by atoms with Gasteiger partial charge in [-0.15, -0.1) is 0 Å². The predicted octanol–water partition coefficient (Wildman–Crippen LogP) is -0.445. The van der Waals surface area contributed by atoms with Crippen LogP contribution in [0.5, 0.6) is 0 Å². The van der Waals surface area contributed by atoms with Crippen molar-refractivity contribution in [3.63, 3.8) is 0 Å². The number of hydrogen-bond acceptors (Lipinski definition) is 5. The number of fused-ring (bicyclic) bond motifs is 2. The van der Waals surface area contributed by atoms with Crippen LogP contribution >= 0.6 is 0 Å². The summed E-state index contributed by atoms with van der Waals surface area (Å²) in [5.74, 6) is 0. The summed E-state index contributed by atoms with van der Waals surface area (Å²) in [5.41, 5.74) is 0.195. The van der Waals surface area contributed by atoms with Gasteiger partial charge in [-0.3, -0.25) is 19.7 Å². The van der Waals surface area contributed by atoms with Crippen LogP contribution < -0.4 is 11.2 Å². The molecule has 0 aromatic carbocycles. The lowest BCUT2D eigenvalue weighted by molar-refractivity contribution is 1.05. The first kappa shape index (κ1) is 8.72. The van der Waals surface area contributed by atoms with E-state index in [1.54, 1.807) is 12.3 Å². The van der Waals surface area contributed by atoms with Crippen LogP contribution in [0.25, 0.3) is 22.2 Å². The van der Waals surface area contributed by atoms with Crippen LogP contribution in [0.3, 0.4) is 0 Å². The second-order valence-corrected chi connectivity index (χ2v) is 3.19. The van der Waals surface area contributed by atoms with Crippen molar-refractivity contribution >= 4 is 22.2 Å². The maximum Gasteiger partial charge on any atom is 0.327 e. The summed E-state index contributed by atoms with van der Waals surface area (Å²) in [4.78, 5) is 39.1. The van der Waals surface area contributed by atoms with E-state index in [-0.39, 0.29) is 11.2 Å². The molecular formula is C9H5N5O2. The molecule has 0 spiro atoms. The molecule has 0 saturated carbocycles. The fourth-order valence-electron chi connectivity index (χ4n) is 1.45. The maximum atomic E-state index is 11.4. The van der Waals surface area contributed by atoms with E-state index >= 15 is 0 Å². The molecule has 3 rings (SSSR count). The van der Waals surface area contributed by atoms with Gasteiger partial charge in [0.05, 0.1) is 11.7 Å². The van der Waals surface area contributed by atoms with Crippen LogP contribution in [0.4, 0.5) is 0 Å². The fourth-order valence-corrected chi connectivity index (χ4v) is 1.45. The summed E-state index contributed by atoms with van der Waals surface area (Å²) < 4.78 is 0. The van der Waals surface area contributed by atoms with Gasteiger partial charge in [-0.1, -0.05) is 0 Å². The lowest BCUT2D eigenvalue weighted by atomic mass is 10.4. The van der Waals surface area contributed by atoms with Gasteiger partial charge in [0, 0.05) is 6.20 Å². The molecule has 7 nitrogen and oxygen atoms in total. The van der Waals surface area contributed by atoms with E-state index in [2.05, 4.69) is 24.9 Å². The summed E-state index contributed by atoms with van der Waals surface area (Å²) >= 11 is 0. The van der Waals surface area contributed by atoms with Gasteiger partial charge in [-0.25, -0.2) is 14.8 Å². The first-order valence-corrected chi connectivity index (χ1v) is 4.48. The molecular weight excluding hydrogens is 210 g/mol. The molecule has 0 unspecified atom stereocenters. The van der Waals surface area contributed by atoms with Crippen LogP contribution in [-0.4, -0.2) is 24.9 Å². The molecule has 16 heavy (non-hydrogen) atoms. The maximum absolute atomic E-state index is 11.4. The smallest absolute Gasteiger partial charge is 0.290 e. The number of pyridine rings is 1. The standard InChI is InChI=1S/C9H5N5O2/c15-8-6-7(13-9(16)14-8)12-4-1-2-10-3-5(4)11-6/h1-3H,(H2,12,13,14,15,16). The van der Waals surface area contributed by atoms with Crippen molar-refractivity contribution in [2.24, 2.45) is 0 Å². The summed E-state index contributed by atoms with van der Waals surface area (Å²) in [6, 6.07) is 1.65. The minimum atomic E-state index is -0.597. The van der Waals surface area contributed by atoms with Crippen LogP contribution in [-0.2, 0) is 0 Å². The molecule has 0 bridgehead atoms. The van der Waals surface area contributed by atoms with Gasteiger partial charge in [0.1, 0.15) is 5.52 Å². The van der Waals surface area contributed by atoms with E-state index < -0.39 is 11.2 Å². The Bertz CT molecular complexity index is 804. The zero-order chi connectivity index (χ0) is 11.1. The highest BCUT2D eigenvalue weighted by Crippen LogP contribution is 2.08. The number of rotatable bonds is 0. The van der Waals surface area contributed by atoms with Gasteiger partial charge in [0.2, 0.25) is 0 Å². The first-order chi connectivity index (χ1) is 7.74. The van der Waals surface area contributed by atoms with E-state index in [9.17, 15) is 9.59 Å². The SMILES string of the molecule is O=c1[nH]c(=O)c2nc3cnccc3nc2[nH]1. The van der Waals surface area contributed by atoms with Crippen molar-refractivity contribution < 1.29 is 0 Å². The minimum absolute atomic E-state index is 0.0973. The normalized spacial score (nSPS) is 11.0. The summed E-state index contributed by atoms with van der Waals surface area (Å²) in [7, 11) is 0. The summed E-state index contributed by atoms with van der Waals surface area (Å²) in [5, 5.41) is 0. The molecule has 0 atom stereocenters. The third kappa shape index (κ3) is 1.18. The highest BCUT2D eigenvalue weighted by Gasteiger charge is 2.05. The Morgan fingerprint density at radius 2 is 1.94 bits per heavy atom. The molecule has 2 N–H and O–H groups in total. The molecule has 0 amide bonds. The van der Waals surface area contributed by atoms with Gasteiger partial charge in [0.25, 0.3) is 5.56 Å². The number of H-pyrrole nitrogens is 2. The van der Waals surface area contributed by atoms with E-state index in [1.807, 2.05) is 0 Å². The van der Waals surface area contributed by atoms with Gasteiger partial charge >= 0.3 is 5.69 Å². The zero-order valence-electron chi connectivity index (χ0n) is 7.89. The number of nitrogens with one attached hydrogen (secondary N) is 2. The Kier molecular flexibility index (Phi) is 1.61. The molecule has 3 aromatic rings. The average Bonchev–Trinajstić information content (AvgIpc) is 2.27. The first-order valence-electron chi connectivity index (χ1n) is 4.48. The van der Waals surface area contributed by atoms with Crippen LogP contribution in [0.15, 0.2) is 28.0 Å². The Labute approximate surface area is 87.2 Å². The molecule has 3 aromatic heterocycles. The zero-order valence-corrected chi connectivity index (χ0v) is 7.89. The monoisotopic (exact) mass is 215 g/mol. The van der Waals surface area contributed by atoms with E-state index in [1.165, 1.54) is 6.20 Å². The van der Waals surface area contributed by atoms with Crippen LogP contribution in [0.2, 0.25) is 0 Å². The highest BCUT2D eigenvalue weighted by molar-refractivity contribution is 5.82. The van der Waals surface area contributed by atoms with E-state index in [0.29, 0.717) is 11.0 Å². The Morgan fingerprint density at radius 1 is 1.06 bits per heavy atom. The van der Waals surface area contributed by atoms with Gasteiger partial charge < -0.3 is 0 Å². The Morgan fingerprint density at radius 3 is 2.81 bits per heavy atom. The second kappa shape index (κ2) is 2.96. The molecule has 0 fully saturated rings. The van der Waals surface area contributed by atoms with Crippen molar-refractivity contribution in [3.05, 3.63) is 39.3 Å². The Hall–Kier alpha value is -2.57. The highest BCUT2D eigenvalue weighted by atomic mass is 16.2. The quantitative estimate of drug-likeness (QED) is 0.494. The van der Waals surface area contributed by atoms with Crippen LogP contribution in [0.1, 0.15) is 0 Å². The molecule has 0 aliphatic heterocycles. The third-order valence-electron chi connectivity index (χ3n) is 2.14. The largest absolute Gasteiger partial charge is 0.327 e. The molecule has 7 heteroatoms. The molecule has 3 heterocycles. The van der Waals surface area contributed by atoms with Gasteiger partial charge in [-0.2, -0.15) is 0 Å². The van der Waals surface area contributed by atoms with Gasteiger partial charge in [0.15, 0.2) is 11.2 Å². The number of aromatic nitrogens is 5. The third-order valence-corrected chi connectivity index (χ3v) is 2.14. The van der Waals surface area contributed by atoms with Crippen LogP contribution in [0, 0.1) is 0 Å². The topological polar surface area (TPSA) is 104 Å². The molecule has 78 valence electrons. The summed E-state index contributed by atoms with van der Waals surface area (Å²) in [6.07, 6.45) is 3.07. The van der Waals surface area contributed by atoms with Crippen molar-refractivity contribution in [1.29, 1.82) is 0 Å². The van der Waals surface area contributed by atoms with Gasteiger partial charge in [-0.05, 0) is 6.07 Å². The van der Waals surface area contributed by atoms with Crippen molar-refractivity contribution in [2.45, 2.75) is 0 Å². The molecule has 0 aliphatic rings. The summed E-state index contributed by atoms with van der Waals surface area (Å²) in [6.45, 7) is 0. The lowest BCUT2D eigenvalue weighted by Gasteiger charge is -1.97. The molecule has 0 aliphatic carbocycles. The number of aromatic amines is 2. The second-order valence-electron chi connectivity index (χ2n) is 3.19.